The third-order valence-corrected chi connectivity index (χ3v) is 5.92. The summed E-state index contributed by atoms with van der Waals surface area (Å²) < 4.78 is 7.90. The Hall–Kier alpha value is -1.90. The summed E-state index contributed by atoms with van der Waals surface area (Å²) in [6, 6.07) is 6.95. The maximum Gasteiger partial charge on any atom is 0.282 e. The fourth-order valence-electron chi connectivity index (χ4n) is 2.63. The average Bonchev–Trinajstić information content (AvgIpc) is 2.69. The Morgan fingerprint density at radius 3 is 2.75 bits per heavy atom. The van der Waals surface area contributed by atoms with Gasteiger partial charge in [0.05, 0.1) is 23.7 Å². The van der Waals surface area contributed by atoms with Gasteiger partial charge in [-0.05, 0) is 47.1 Å². The third kappa shape index (κ3) is 3.94. The van der Waals surface area contributed by atoms with Crippen molar-refractivity contribution in [3.05, 3.63) is 60.0 Å². The van der Waals surface area contributed by atoms with Crippen LogP contribution in [0.4, 0.5) is 0 Å². The van der Waals surface area contributed by atoms with E-state index < -0.39 is 0 Å². The van der Waals surface area contributed by atoms with Crippen LogP contribution in [0.3, 0.4) is 0 Å². The molecule has 0 saturated heterocycles. The predicted octanol–water partition coefficient (Wildman–Crippen LogP) is 5.12. The Kier molecular flexibility index (Phi) is 6.42. The van der Waals surface area contributed by atoms with E-state index in [4.69, 9.17) is 16.3 Å². The van der Waals surface area contributed by atoms with E-state index in [0.717, 1.165) is 4.47 Å². The Morgan fingerprint density at radius 2 is 2.07 bits per heavy atom. The normalized spacial score (nSPS) is 11.5. The molecular weight excluding hydrogens is 513 g/mol. The van der Waals surface area contributed by atoms with Crippen LogP contribution in [0.15, 0.2) is 43.1 Å². The fraction of sp³-hybridized carbons (Fsp3) is 0.211. The highest BCUT2D eigenvalue weighted by Crippen LogP contribution is 2.41. The molecule has 0 fully saturated rings. The predicted molar refractivity (Wildman–Crippen MR) is 118 cm³/mol. The number of aromatic hydroxyl groups is 1. The van der Waals surface area contributed by atoms with Crippen molar-refractivity contribution in [2.24, 2.45) is 5.10 Å². The van der Waals surface area contributed by atoms with E-state index in [1.54, 1.807) is 25.1 Å². The van der Waals surface area contributed by atoms with E-state index in [2.05, 4.69) is 41.9 Å². The number of rotatable bonds is 5. The molecule has 0 aliphatic carbocycles. The van der Waals surface area contributed by atoms with Crippen LogP contribution < -0.4 is 10.3 Å². The molecule has 0 bridgehead atoms. The first-order valence-corrected chi connectivity index (χ1v) is 10.4. The molecule has 1 aromatic heterocycles. The molecule has 0 aliphatic rings. The van der Waals surface area contributed by atoms with Gasteiger partial charge in [-0.3, -0.25) is 4.79 Å². The number of fused-ring (bicyclic) bond motifs is 1. The van der Waals surface area contributed by atoms with Gasteiger partial charge in [0.15, 0.2) is 11.5 Å². The zero-order valence-electron chi connectivity index (χ0n) is 15.0. The van der Waals surface area contributed by atoms with Crippen molar-refractivity contribution >= 4 is 60.6 Å². The molecule has 1 heterocycles. The molecule has 2 aromatic carbocycles. The number of aryl methyl sites for hydroxylation is 1. The largest absolute Gasteiger partial charge is 0.503 e. The Balaban J connectivity index is 2.16. The molecule has 0 aliphatic heterocycles. The summed E-state index contributed by atoms with van der Waals surface area (Å²) in [5.41, 5.74) is 0.893. The Morgan fingerprint density at radius 1 is 1.32 bits per heavy atom. The molecule has 3 aromatic rings. The lowest BCUT2D eigenvalue weighted by Gasteiger charge is -2.11. The number of aromatic nitrogens is 2. The van der Waals surface area contributed by atoms with Crippen LogP contribution in [0.25, 0.3) is 10.9 Å². The highest BCUT2D eigenvalue weighted by atomic mass is 79.9. The summed E-state index contributed by atoms with van der Waals surface area (Å²) in [6.07, 6.45) is 2.00. The van der Waals surface area contributed by atoms with Gasteiger partial charge in [-0.1, -0.05) is 34.5 Å². The van der Waals surface area contributed by atoms with Crippen LogP contribution in [0.1, 0.15) is 25.2 Å². The lowest BCUT2D eigenvalue weighted by molar-refractivity contribution is 0.318. The van der Waals surface area contributed by atoms with Gasteiger partial charge < -0.3 is 9.84 Å². The number of halogens is 3. The van der Waals surface area contributed by atoms with Crippen LogP contribution in [0.5, 0.6) is 11.5 Å². The average molecular weight is 530 g/mol. The van der Waals surface area contributed by atoms with E-state index in [-0.39, 0.29) is 22.1 Å². The van der Waals surface area contributed by atoms with Crippen molar-refractivity contribution < 1.29 is 9.84 Å². The van der Waals surface area contributed by atoms with E-state index in [1.165, 1.54) is 10.9 Å². The van der Waals surface area contributed by atoms with Crippen LogP contribution in [0, 0.1) is 0 Å². The van der Waals surface area contributed by atoms with E-state index in [9.17, 15) is 9.90 Å². The van der Waals surface area contributed by atoms with Crippen molar-refractivity contribution in [3.8, 4) is 11.5 Å². The second-order valence-corrected chi connectivity index (χ2v) is 7.86. The standard InChI is InChI=1S/C19H16Br2ClN3O3/c1-3-15-24-13-6-5-11(20)8-12(13)19(27)25(15)23-9-10-7-14(28-4-2)18(26)17(22)16(10)21/h5-9,26H,3-4H2,1-2H3. The molecule has 9 heteroatoms. The van der Waals surface area contributed by atoms with Gasteiger partial charge in [-0.15, -0.1) is 0 Å². The molecule has 146 valence electrons. The maximum atomic E-state index is 12.9. The first-order chi connectivity index (χ1) is 13.4. The summed E-state index contributed by atoms with van der Waals surface area (Å²) in [7, 11) is 0. The van der Waals surface area contributed by atoms with Gasteiger partial charge in [0.2, 0.25) is 0 Å². The highest BCUT2D eigenvalue weighted by molar-refractivity contribution is 9.10. The molecule has 3 rings (SSSR count). The lowest BCUT2D eigenvalue weighted by Crippen LogP contribution is -2.22. The van der Waals surface area contributed by atoms with Gasteiger partial charge in [-0.25, -0.2) is 4.98 Å². The van der Waals surface area contributed by atoms with Gasteiger partial charge in [0, 0.05) is 20.9 Å². The van der Waals surface area contributed by atoms with Crippen molar-refractivity contribution in [2.75, 3.05) is 6.61 Å². The fourth-order valence-corrected chi connectivity index (χ4v) is 3.60. The minimum atomic E-state index is -0.273. The summed E-state index contributed by atoms with van der Waals surface area (Å²) in [6.45, 7) is 4.07. The summed E-state index contributed by atoms with van der Waals surface area (Å²) >= 11 is 12.9. The summed E-state index contributed by atoms with van der Waals surface area (Å²) in [5, 5.41) is 15.0. The molecule has 0 saturated carbocycles. The number of phenols is 1. The minimum Gasteiger partial charge on any atom is -0.503 e. The molecule has 28 heavy (non-hydrogen) atoms. The molecule has 0 unspecified atom stereocenters. The molecule has 6 nitrogen and oxygen atoms in total. The Labute approximate surface area is 183 Å². The van der Waals surface area contributed by atoms with Crippen molar-refractivity contribution in [1.82, 2.24) is 9.66 Å². The molecule has 0 radical (unpaired) electrons. The quantitative estimate of drug-likeness (QED) is 0.466. The second kappa shape index (κ2) is 8.63. The van der Waals surface area contributed by atoms with E-state index in [1.807, 2.05) is 13.0 Å². The van der Waals surface area contributed by atoms with Crippen LogP contribution in [-0.2, 0) is 6.42 Å². The van der Waals surface area contributed by atoms with Crippen molar-refractivity contribution in [3.63, 3.8) is 0 Å². The smallest absolute Gasteiger partial charge is 0.282 e. The van der Waals surface area contributed by atoms with E-state index >= 15 is 0 Å². The zero-order valence-corrected chi connectivity index (χ0v) is 19.0. The second-order valence-electron chi connectivity index (χ2n) is 5.78. The monoisotopic (exact) mass is 527 g/mol. The van der Waals surface area contributed by atoms with Crippen molar-refractivity contribution in [1.29, 1.82) is 0 Å². The minimum absolute atomic E-state index is 0.107. The number of nitrogens with zero attached hydrogens (tertiary/aromatic N) is 3. The number of hydrogen-bond donors (Lipinski definition) is 1. The number of hydrogen-bond acceptors (Lipinski definition) is 5. The van der Waals surface area contributed by atoms with Gasteiger partial charge >= 0.3 is 0 Å². The van der Waals surface area contributed by atoms with Crippen LogP contribution in [-0.4, -0.2) is 27.6 Å². The zero-order chi connectivity index (χ0) is 20.4. The SMILES string of the molecule is CCOc1cc(C=Nn2c(CC)nc3ccc(Br)cc3c2=O)c(Br)c(Cl)c1O. The van der Waals surface area contributed by atoms with Crippen LogP contribution >= 0.6 is 43.5 Å². The molecule has 0 amide bonds. The number of phenolic OH excluding ortho intramolecular Hbond substituents is 1. The first-order valence-electron chi connectivity index (χ1n) is 8.46. The summed E-state index contributed by atoms with van der Waals surface area (Å²) in [5.74, 6) is 0.610. The first kappa shape index (κ1) is 20.8. The lowest BCUT2D eigenvalue weighted by atomic mass is 10.2. The topological polar surface area (TPSA) is 76.7 Å². The molecule has 1 N–H and O–H groups in total. The Bertz CT molecular complexity index is 1150. The number of benzene rings is 2. The van der Waals surface area contributed by atoms with Gasteiger partial charge in [0.1, 0.15) is 10.8 Å². The molecular formula is C19H16Br2ClN3O3. The van der Waals surface area contributed by atoms with Gasteiger partial charge in [0.25, 0.3) is 5.56 Å². The maximum absolute atomic E-state index is 12.9. The van der Waals surface area contributed by atoms with Gasteiger partial charge in [-0.2, -0.15) is 9.78 Å². The summed E-state index contributed by atoms with van der Waals surface area (Å²) in [4.78, 5) is 17.5. The molecule has 0 atom stereocenters. The number of ether oxygens (including phenoxy) is 1. The van der Waals surface area contributed by atoms with Crippen LogP contribution in [0.2, 0.25) is 5.02 Å². The third-order valence-electron chi connectivity index (χ3n) is 3.98. The van der Waals surface area contributed by atoms with E-state index in [0.29, 0.717) is 39.8 Å². The highest BCUT2D eigenvalue weighted by Gasteiger charge is 2.15. The molecule has 0 spiro atoms. The van der Waals surface area contributed by atoms with Crippen molar-refractivity contribution in [2.45, 2.75) is 20.3 Å².